The van der Waals surface area contributed by atoms with Gasteiger partial charge in [-0.2, -0.15) is 0 Å². The summed E-state index contributed by atoms with van der Waals surface area (Å²) in [6.45, 7) is 4.02. The average molecular weight is 390 g/mol. The maximum Gasteiger partial charge on any atom is 0.309 e. The van der Waals surface area contributed by atoms with Gasteiger partial charge in [0, 0.05) is 33.8 Å². The Labute approximate surface area is 163 Å². The summed E-state index contributed by atoms with van der Waals surface area (Å²) in [4.78, 5) is 17.0. The Morgan fingerprint density at radius 3 is 2.58 bits per heavy atom. The molecule has 0 radical (unpaired) electrons. The van der Waals surface area contributed by atoms with Crippen LogP contribution in [0, 0.1) is 18.8 Å². The summed E-state index contributed by atoms with van der Waals surface area (Å²) in [6.07, 6.45) is 3.47. The third-order valence-corrected chi connectivity index (χ3v) is 6.45. The zero-order chi connectivity index (χ0) is 18.4. The summed E-state index contributed by atoms with van der Waals surface area (Å²) in [5.74, 6) is 0.270. The Morgan fingerprint density at radius 2 is 1.88 bits per heavy atom. The van der Waals surface area contributed by atoms with Crippen molar-refractivity contribution in [1.29, 1.82) is 0 Å². The molecule has 26 heavy (non-hydrogen) atoms. The van der Waals surface area contributed by atoms with Crippen molar-refractivity contribution in [1.82, 2.24) is 4.98 Å². The molecule has 0 unspecified atom stereocenters. The fourth-order valence-corrected chi connectivity index (χ4v) is 5.27. The number of aromatic nitrogens is 1. The van der Waals surface area contributed by atoms with Crippen molar-refractivity contribution < 1.29 is 9.53 Å². The summed E-state index contributed by atoms with van der Waals surface area (Å²) in [5, 5.41) is 1.31. The van der Waals surface area contributed by atoms with Gasteiger partial charge in [-0.25, -0.2) is 0 Å². The van der Waals surface area contributed by atoms with E-state index < -0.39 is 0 Å². The minimum absolute atomic E-state index is 0.0552. The van der Waals surface area contributed by atoms with Crippen LogP contribution in [0.15, 0.2) is 36.5 Å². The van der Waals surface area contributed by atoms with Crippen molar-refractivity contribution in [2.24, 2.45) is 11.8 Å². The highest BCUT2D eigenvalue weighted by atomic mass is 35.5. The highest BCUT2D eigenvalue weighted by Crippen LogP contribution is 2.54. The molecule has 3 nitrogen and oxygen atoms in total. The van der Waals surface area contributed by atoms with E-state index in [9.17, 15) is 4.79 Å². The molecular formula is C21H21Cl2NO2. The topological polar surface area (TPSA) is 39.2 Å². The third kappa shape index (κ3) is 3.01. The summed E-state index contributed by atoms with van der Waals surface area (Å²) < 4.78 is 5.60. The van der Waals surface area contributed by atoms with E-state index in [0.717, 1.165) is 29.7 Å². The lowest BCUT2D eigenvalue weighted by molar-refractivity contribution is -0.143. The van der Waals surface area contributed by atoms with Crippen LogP contribution in [-0.2, 0) is 9.53 Å². The molecule has 1 saturated carbocycles. The second-order valence-corrected chi connectivity index (χ2v) is 8.31. The zero-order valence-electron chi connectivity index (χ0n) is 14.8. The Morgan fingerprint density at radius 1 is 1.12 bits per heavy atom. The number of carbonyl (C=O) groups is 1. The predicted molar refractivity (Wildman–Crippen MR) is 103 cm³/mol. The number of nitrogens with zero attached hydrogens (tertiary/aromatic N) is 1. The summed E-state index contributed by atoms with van der Waals surface area (Å²) >= 11 is 12.6. The van der Waals surface area contributed by atoms with Crippen molar-refractivity contribution in [3.63, 3.8) is 0 Å². The summed E-state index contributed by atoms with van der Waals surface area (Å²) in [7, 11) is 0. The van der Waals surface area contributed by atoms with Gasteiger partial charge in [-0.1, -0.05) is 35.3 Å². The molecule has 2 aromatic rings. The standard InChI is InChI=1S/C21H21Cl2NO2/c1-11-3-8-18(24-10-11)20-15(14-5-4-13(22)9-17(14)23)6-7-16-19(20)12(2)26-21(16)25/h3-5,8-10,12,15-16,19-20H,6-7H2,1-2H3/t12-,15+,16-,19-,20-/m1/s1. The smallest absolute Gasteiger partial charge is 0.309 e. The van der Waals surface area contributed by atoms with Crippen LogP contribution in [0.4, 0.5) is 0 Å². The molecule has 2 aliphatic rings. The maximum absolute atomic E-state index is 12.3. The van der Waals surface area contributed by atoms with E-state index >= 15 is 0 Å². The quantitative estimate of drug-likeness (QED) is 0.633. The van der Waals surface area contributed by atoms with Crippen LogP contribution in [0.25, 0.3) is 0 Å². The first-order chi connectivity index (χ1) is 12.5. The first-order valence-corrected chi connectivity index (χ1v) is 9.79. The molecular weight excluding hydrogens is 369 g/mol. The number of esters is 1. The van der Waals surface area contributed by atoms with Gasteiger partial charge < -0.3 is 4.74 Å². The van der Waals surface area contributed by atoms with Gasteiger partial charge >= 0.3 is 5.97 Å². The molecule has 1 aliphatic carbocycles. The molecule has 2 heterocycles. The molecule has 0 amide bonds. The Hall–Kier alpha value is -1.58. The monoisotopic (exact) mass is 389 g/mol. The number of fused-ring (bicyclic) bond motifs is 1. The molecule has 1 aliphatic heterocycles. The molecule has 5 atom stereocenters. The highest BCUT2D eigenvalue weighted by Gasteiger charge is 2.52. The molecule has 0 bridgehead atoms. The normalized spacial score (nSPS) is 30.8. The van der Waals surface area contributed by atoms with Crippen molar-refractivity contribution >= 4 is 29.2 Å². The van der Waals surface area contributed by atoms with Gasteiger partial charge in [-0.3, -0.25) is 9.78 Å². The molecule has 1 aromatic carbocycles. The van der Waals surface area contributed by atoms with Crippen LogP contribution < -0.4 is 0 Å². The van der Waals surface area contributed by atoms with Crippen molar-refractivity contribution in [2.45, 2.75) is 44.6 Å². The molecule has 1 saturated heterocycles. The van der Waals surface area contributed by atoms with E-state index in [1.165, 1.54) is 0 Å². The van der Waals surface area contributed by atoms with Crippen LogP contribution in [0.5, 0.6) is 0 Å². The minimum Gasteiger partial charge on any atom is -0.462 e. The number of benzene rings is 1. The predicted octanol–water partition coefficient (Wildman–Crippen LogP) is 5.54. The SMILES string of the molecule is Cc1ccc([C@@H]2[C@@H]3[C@@H](C)OC(=O)[C@@H]3CC[C@H]2c2ccc(Cl)cc2Cl)nc1. The largest absolute Gasteiger partial charge is 0.462 e. The van der Waals surface area contributed by atoms with Crippen molar-refractivity contribution in [3.8, 4) is 0 Å². The number of carbonyl (C=O) groups excluding carboxylic acids is 1. The van der Waals surface area contributed by atoms with E-state index in [-0.39, 0.29) is 35.7 Å². The molecule has 1 aromatic heterocycles. The lowest BCUT2D eigenvalue weighted by Gasteiger charge is -2.39. The van der Waals surface area contributed by atoms with Crippen LogP contribution in [-0.4, -0.2) is 17.1 Å². The fourth-order valence-electron chi connectivity index (χ4n) is 4.72. The van der Waals surface area contributed by atoms with Gasteiger partial charge in [0.25, 0.3) is 0 Å². The number of aryl methyl sites for hydroxylation is 1. The van der Waals surface area contributed by atoms with Crippen LogP contribution in [0.3, 0.4) is 0 Å². The van der Waals surface area contributed by atoms with Gasteiger partial charge in [0.2, 0.25) is 0 Å². The van der Waals surface area contributed by atoms with Gasteiger partial charge in [-0.05, 0) is 61.9 Å². The number of ether oxygens (including phenoxy) is 1. The first-order valence-electron chi connectivity index (χ1n) is 9.03. The van der Waals surface area contributed by atoms with E-state index in [4.69, 9.17) is 32.9 Å². The Kier molecular flexibility index (Phi) is 4.70. The molecule has 2 fully saturated rings. The Balaban J connectivity index is 1.81. The number of pyridine rings is 1. The number of cyclic esters (lactones) is 1. The van der Waals surface area contributed by atoms with E-state index in [0.29, 0.717) is 10.0 Å². The molecule has 0 spiro atoms. The highest BCUT2D eigenvalue weighted by molar-refractivity contribution is 6.35. The second-order valence-electron chi connectivity index (χ2n) is 7.46. The summed E-state index contributed by atoms with van der Waals surface area (Å²) in [5.41, 5.74) is 3.20. The van der Waals surface area contributed by atoms with E-state index in [1.807, 2.05) is 32.2 Å². The number of hydrogen-bond donors (Lipinski definition) is 0. The zero-order valence-corrected chi connectivity index (χ0v) is 16.3. The van der Waals surface area contributed by atoms with Crippen LogP contribution in [0.2, 0.25) is 10.0 Å². The lowest BCUT2D eigenvalue weighted by Crippen LogP contribution is -2.35. The van der Waals surface area contributed by atoms with E-state index in [2.05, 4.69) is 12.1 Å². The third-order valence-electron chi connectivity index (χ3n) is 5.89. The van der Waals surface area contributed by atoms with Gasteiger partial charge in [0.15, 0.2) is 0 Å². The summed E-state index contributed by atoms with van der Waals surface area (Å²) in [6, 6.07) is 9.85. The molecule has 136 valence electrons. The second kappa shape index (κ2) is 6.86. The molecule has 5 heteroatoms. The van der Waals surface area contributed by atoms with Gasteiger partial charge in [-0.15, -0.1) is 0 Å². The van der Waals surface area contributed by atoms with Gasteiger partial charge in [0.05, 0.1) is 5.92 Å². The molecule has 4 rings (SSSR count). The van der Waals surface area contributed by atoms with Crippen molar-refractivity contribution in [3.05, 3.63) is 63.4 Å². The number of rotatable bonds is 2. The maximum atomic E-state index is 12.3. The van der Waals surface area contributed by atoms with Crippen LogP contribution in [0.1, 0.15) is 48.4 Å². The van der Waals surface area contributed by atoms with E-state index in [1.54, 1.807) is 6.07 Å². The number of halogens is 2. The number of hydrogen-bond acceptors (Lipinski definition) is 3. The fraction of sp³-hybridized carbons (Fsp3) is 0.429. The molecule has 0 N–H and O–H groups in total. The first kappa shape index (κ1) is 17.8. The average Bonchev–Trinajstić information content (AvgIpc) is 2.90. The lowest BCUT2D eigenvalue weighted by atomic mass is 9.63. The van der Waals surface area contributed by atoms with Gasteiger partial charge in [0.1, 0.15) is 6.10 Å². The Bertz CT molecular complexity index is 836. The minimum atomic E-state index is -0.116. The van der Waals surface area contributed by atoms with Crippen molar-refractivity contribution in [2.75, 3.05) is 0 Å². The van der Waals surface area contributed by atoms with Crippen LogP contribution >= 0.6 is 23.2 Å².